The van der Waals surface area contributed by atoms with Crippen LogP contribution in [0, 0.1) is 0 Å². The highest BCUT2D eigenvalue weighted by atomic mass is 16.5. The van der Waals surface area contributed by atoms with E-state index in [-0.39, 0.29) is 12.8 Å². The number of amides is 2. The van der Waals surface area contributed by atoms with Crippen molar-refractivity contribution in [1.29, 1.82) is 0 Å². The normalized spacial score (nSPS) is 11.4. The maximum atomic E-state index is 13.2. The van der Waals surface area contributed by atoms with Crippen molar-refractivity contribution in [1.82, 2.24) is 5.32 Å². The van der Waals surface area contributed by atoms with E-state index < -0.39 is 23.8 Å². The lowest BCUT2D eigenvalue weighted by molar-refractivity contribution is -0.137. The summed E-state index contributed by atoms with van der Waals surface area (Å²) in [5.74, 6) is -1.04. The van der Waals surface area contributed by atoms with Gasteiger partial charge in [0.25, 0.3) is 5.91 Å². The molecule has 7 heteroatoms. The van der Waals surface area contributed by atoms with Crippen molar-refractivity contribution in [2.45, 2.75) is 18.9 Å². The number of anilines is 1. The molecule has 4 aromatic carbocycles. The first kappa shape index (κ1) is 23.5. The molecule has 2 amide bonds. The standard InChI is InChI=1S/C28H24N2O5/c31-26(32)18-17-24(30-27(33)22-14-8-10-19-9-4-5-13-21(19)22)28(34)29-23-15-6-7-16-25(23)35-20-11-2-1-3-12-20/h1-16,24H,17-18H2,(H,29,34)(H,30,33)(H,31,32)/t24-/m0/s1. The molecule has 0 fully saturated rings. The topological polar surface area (TPSA) is 105 Å². The van der Waals surface area contributed by atoms with Crippen molar-refractivity contribution in [3.05, 3.63) is 103 Å². The molecular formula is C28H24N2O5. The lowest BCUT2D eigenvalue weighted by Crippen LogP contribution is -2.44. The van der Waals surface area contributed by atoms with E-state index >= 15 is 0 Å². The lowest BCUT2D eigenvalue weighted by Gasteiger charge is -2.19. The molecule has 0 bridgehead atoms. The molecule has 0 unspecified atom stereocenters. The number of fused-ring (bicyclic) bond motifs is 1. The maximum Gasteiger partial charge on any atom is 0.303 e. The number of ether oxygens (including phenoxy) is 1. The summed E-state index contributed by atoms with van der Waals surface area (Å²) in [7, 11) is 0. The summed E-state index contributed by atoms with van der Waals surface area (Å²) in [5.41, 5.74) is 0.810. The highest BCUT2D eigenvalue weighted by Gasteiger charge is 2.24. The number of para-hydroxylation sites is 3. The Balaban J connectivity index is 1.55. The highest BCUT2D eigenvalue weighted by molar-refractivity contribution is 6.09. The molecule has 0 heterocycles. The Morgan fingerprint density at radius 1 is 0.800 bits per heavy atom. The molecule has 4 rings (SSSR count). The predicted octanol–water partition coefficient (Wildman–Crippen LogP) is 5.23. The van der Waals surface area contributed by atoms with Crippen LogP contribution in [0.25, 0.3) is 10.8 Å². The Bertz CT molecular complexity index is 1350. The molecule has 0 saturated carbocycles. The van der Waals surface area contributed by atoms with Crippen molar-refractivity contribution in [2.24, 2.45) is 0 Å². The third-order valence-corrected chi connectivity index (χ3v) is 5.42. The fourth-order valence-corrected chi connectivity index (χ4v) is 3.69. The predicted molar refractivity (Wildman–Crippen MR) is 134 cm³/mol. The van der Waals surface area contributed by atoms with Crippen molar-refractivity contribution < 1.29 is 24.2 Å². The molecule has 176 valence electrons. The van der Waals surface area contributed by atoms with Gasteiger partial charge >= 0.3 is 5.97 Å². The lowest BCUT2D eigenvalue weighted by atomic mass is 10.0. The Morgan fingerprint density at radius 3 is 2.29 bits per heavy atom. The number of carboxylic acid groups (broad SMARTS) is 1. The second-order valence-electron chi connectivity index (χ2n) is 7.89. The van der Waals surface area contributed by atoms with E-state index in [0.717, 1.165) is 10.8 Å². The van der Waals surface area contributed by atoms with Crippen LogP contribution in [0.5, 0.6) is 11.5 Å². The van der Waals surface area contributed by atoms with Crippen LogP contribution < -0.4 is 15.4 Å². The van der Waals surface area contributed by atoms with Gasteiger partial charge < -0.3 is 20.5 Å². The zero-order valence-corrected chi connectivity index (χ0v) is 18.8. The van der Waals surface area contributed by atoms with Gasteiger partial charge in [-0.1, -0.05) is 66.7 Å². The van der Waals surface area contributed by atoms with Crippen LogP contribution in [0.4, 0.5) is 5.69 Å². The molecule has 0 spiro atoms. The second kappa shape index (κ2) is 11.0. The van der Waals surface area contributed by atoms with E-state index in [0.29, 0.717) is 22.7 Å². The fraction of sp³-hybridized carbons (Fsp3) is 0.107. The van der Waals surface area contributed by atoms with Crippen LogP contribution in [-0.2, 0) is 9.59 Å². The molecule has 0 aliphatic rings. The molecule has 35 heavy (non-hydrogen) atoms. The summed E-state index contributed by atoms with van der Waals surface area (Å²) in [6, 6.07) is 27.7. The summed E-state index contributed by atoms with van der Waals surface area (Å²) in [5, 5.41) is 16.3. The zero-order chi connectivity index (χ0) is 24.6. The molecule has 0 aliphatic carbocycles. The van der Waals surface area contributed by atoms with Gasteiger partial charge in [-0.2, -0.15) is 0 Å². The third-order valence-electron chi connectivity index (χ3n) is 5.42. The molecule has 4 aromatic rings. The van der Waals surface area contributed by atoms with Gasteiger partial charge in [0, 0.05) is 12.0 Å². The number of carboxylic acids is 1. The number of benzene rings is 4. The molecular weight excluding hydrogens is 444 g/mol. The summed E-state index contributed by atoms with van der Waals surface area (Å²) in [6.45, 7) is 0. The van der Waals surface area contributed by atoms with E-state index in [4.69, 9.17) is 4.74 Å². The Morgan fingerprint density at radius 2 is 1.49 bits per heavy atom. The number of rotatable bonds is 9. The average molecular weight is 469 g/mol. The largest absolute Gasteiger partial charge is 0.481 e. The van der Waals surface area contributed by atoms with Gasteiger partial charge in [-0.3, -0.25) is 14.4 Å². The monoisotopic (exact) mass is 468 g/mol. The van der Waals surface area contributed by atoms with Crippen LogP contribution in [0.1, 0.15) is 23.2 Å². The molecule has 1 atom stereocenters. The smallest absolute Gasteiger partial charge is 0.303 e. The van der Waals surface area contributed by atoms with Gasteiger partial charge in [-0.25, -0.2) is 0 Å². The van der Waals surface area contributed by atoms with Crippen LogP contribution in [0.15, 0.2) is 97.1 Å². The zero-order valence-electron chi connectivity index (χ0n) is 18.8. The van der Waals surface area contributed by atoms with E-state index in [1.807, 2.05) is 48.5 Å². The van der Waals surface area contributed by atoms with Gasteiger partial charge in [0.05, 0.1) is 5.69 Å². The molecule has 0 radical (unpaired) electrons. The molecule has 0 aromatic heterocycles. The first-order chi connectivity index (χ1) is 17.0. The fourth-order valence-electron chi connectivity index (χ4n) is 3.69. The quantitative estimate of drug-likeness (QED) is 0.312. The van der Waals surface area contributed by atoms with E-state index in [1.54, 1.807) is 48.5 Å². The minimum atomic E-state index is -1.07. The Kier molecular flexibility index (Phi) is 7.37. The summed E-state index contributed by atoms with van der Waals surface area (Å²) >= 11 is 0. The van der Waals surface area contributed by atoms with Crippen molar-refractivity contribution >= 4 is 34.2 Å². The van der Waals surface area contributed by atoms with Gasteiger partial charge in [0.1, 0.15) is 11.8 Å². The van der Waals surface area contributed by atoms with Crippen LogP contribution in [-0.4, -0.2) is 28.9 Å². The van der Waals surface area contributed by atoms with E-state index in [2.05, 4.69) is 10.6 Å². The molecule has 0 aliphatic heterocycles. The van der Waals surface area contributed by atoms with E-state index in [9.17, 15) is 19.5 Å². The minimum Gasteiger partial charge on any atom is -0.481 e. The molecule has 0 saturated heterocycles. The number of hydrogen-bond donors (Lipinski definition) is 3. The average Bonchev–Trinajstić information content (AvgIpc) is 2.87. The number of aliphatic carboxylic acids is 1. The van der Waals surface area contributed by atoms with Gasteiger partial charge in [-0.15, -0.1) is 0 Å². The van der Waals surface area contributed by atoms with Gasteiger partial charge in [0.15, 0.2) is 5.75 Å². The summed E-state index contributed by atoms with van der Waals surface area (Å²) in [4.78, 5) is 37.5. The number of nitrogens with one attached hydrogen (secondary N) is 2. The van der Waals surface area contributed by atoms with Crippen LogP contribution in [0.3, 0.4) is 0 Å². The number of carbonyl (C=O) groups excluding carboxylic acids is 2. The maximum absolute atomic E-state index is 13.2. The van der Waals surface area contributed by atoms with Gasteiger partial charge in [0.2, 0.25) is 5.91 Å². The minimum absolute atomic E-state index is 0.0701. The van der Waals surface area contributed by atoms with Crippen molar-refractivity contribution in [3.63, 3.8) is 0 Å². The second-order valence-corrected chi connectivity index (χ2v) is 7.89. The molecule has 3 N–H and O–H groups in total. The SMILES string of the molecule is O=C(O)CC[C@H](NC(=O)c1cccc2ccccc12)C(=O)Nc1ccccc1Oc1ccccc1. The first-order valence-corrected chi connectivity index (χ1v) is 11.1. The Hall–Kier alpha value is -4.65. The first-order valence-electron chi connectivity index (χ1n) is 11.1. The summed E-state index contributed by atoms with van der Waals surface area (Å²) < 4.78 is 5.89. The summed E-state index contributed by atoms with van der Waals surface area (Å²) in [6.07, 6.45) is -0.352. The van der Waals surface area contributed by atoms with Crippen LogP contribution in [0.2, 0.25) is 0 Å². The van der Waals surface area contributed by atoms with Crippen molar-refractivity contribution in [3.8, 4) is 11.5 Å². The number of hydrogen-bond acceptors (Lipinski definition) is 4. The third kappa shape index (κ3) is 6.03. The Labute approximate surface area is 202 Å². The van der Waals surface area contributed by atoms with E-state index in [1.165, 1.54) is 0 Å². The van der Waals surface area contributed by atoms with Gasteiger partial charge in [-0.05, 0) is 47.5 Å². The van der Waals surface area contributed by atoms with Crippen LogP contribution >= 0.6 is 0 Å². The number of carbonyl (C=O) groups is 3. The van der Waals surface area contributed by atoms with Crippen molar-refractivity contribution in [2.75, 3.05) is 5.32 Å². The molecule has 7 nitrogen and oxygen atoms in total. The highest BCUT2D eigenvalue weighted by Crippen LogP contribution is 2.29.